The first-order chi connectivity index (χ1) is 8.35. The summed E-state index contributed by atoms with van der Waals surface area (Å²) in [6.07, 6.45) is 7.05. The molecule has 0 bridgehead atoms. The normalized spacial score (nSPS) is 12.1. The Bertz CT molecular complexity index is 458. The minimum absolute atomic E-state index is 0.0592. The second-order valence-electron chi connectivity index (χ2n) is 3.51. The van der Waals surface area contributed by atoms with Gasteiger partial charge in [-0.15, -0.1) is 0 Å². The summed E-state index contributed by atoms with van der Waals surface area (Å²) in [4.78, 5) is 12.2. The first kappa shape index (κ1) is 11.5. The van der Waals surface area contributed by atoms with Crippen molar-refractivity contribution in [2.24, 2.45) is 0 Å². The van der Waals surface area contributed by atoms with E-state index in [9.17, 15) is 0 Å². The molecule has 1 unspecified atom stereocenters. The van der Waals surface area contributed by atoms with Crippen molar-refractivity contribution in [2.75, 3.05) is 14.2 Å². The van der Waals surface area contributed by atoms with Gasteiger partial charge in [0.05, 0.1) is 13.2 Å². The number of rotatable bonds is 4. The minimum Gasteiger partial charge on any atom is -0.467 e. The fraction of sp³-hybridized carbons (Fsp3) is 0.250. The van der Waals surface area contributed by atoms with Crippen molar-refractivity contribution < 1.29 is 4.74 Å². The van der Waals surface area contributed by atoms with Crippen LogP contribution in [0.1, 0.15) is 17.2 Å². The Morgan fingerprint density at radius 3 is 2.29 bits per heavy atom. The number of nitrogens with zero attached hydrogens (tertiary/aromatic N) is 3. The van der Waals surface area contributed by atoms with E-state index in [0.29, 0.717) is 6.01 Å². The van der Waals surface area contributed by atoms with Gasteiger partial charge in [-0.25, -0.2) is 9.97 Å². The number of nitrogens with one attached hydrogen (secondary N) is 1. The summed E-state index contributed by atoms with van der Waals surface area (Å²) in [6, 6.07) is 4.36. The fourth-order valence-corrected chi connectivity index (χ4v) is 1.66. The summed E-state index contributed by atoms with van der Waals surface area (Å²) in [5.74, 6) is 0. The molecular formula is C12H14N4O. The molecule has 2 rings (SSSR count). The van der Waals surface area contributed by atoms with Crippen molar-refractivity contribution in [2.45, 2.75) is 6.04 Å². The Morgan fingerprint density at radius 1 is 1.12 bits per heavy atom. The van der Waals surface area contributed by atoms with Gasteiger partial charge in [-0.1, -0.05) is 0 Å². The molecule has 0 aliphatic rings. The van der Waals surface area contributed by atoms with E-state index in [1.54, 1.807) is 31.9 Å². The molecule has 0 radical (unpaired) electrons. The molecule has 2 aromatic heterocycles. The third-order valence-electron chi connectivity index (χ3n) is 2.49. The molecule has 2 heterocycles. The number of hydrogen-bond donors (Lipinski definition) is 1. The first-order valence-electron chi connectivity index (χ1n) is 5.28. The first-order valence-corrected chi connectivity index (χ1v) is 5.28. The predicted octanol–water partition coefficient (Wildman–Crippen LogP) is 1.19. The molecule has 0 fully saturated rings. The quantitative estimate of drug-likeness (QED) is 0.855. The highest BCUT2D eigenvalue weighted by Gasteiger charge is 2.12. The molecule has 0 aliphatic carbocycles. The maximum Gasteiger partial charge on any atom is 0.316 e. The van der Waals surface area contributed by atoms with Crippen LogP contribution in [0.2, 0.25) is 0 Å². The molecule has 0 amide bonds. The van der Waals surface area contributed by atoms with Crippen LogP contribution in [0.25, 0.3) is 0 Å². The van der Waals surface area contributed by atoms with E-state index in [4.69, 9.17) is 4.74 Å². The van der Waals surface area contributed by atoms with Crippen LogP contribution in [0.3, 0.4) is 0 Å². The lowest BCUT2D eigenvalue weighted by Gasteiger charge is -2.16. The van der Waals surface area contributed by atoms with E-state index in [-0.39, 0.29) is 6.04 Å². The van der Waals surface area contributed by atoms with Gasteiger partial charge in [0.1, 0.15) is 0 Å². The van der Waals surface area contributed by atoms with Crippen molar-refractivity contribution in [1.82, 2.24) is 20.3 Å². The van der Waals surface area contributed by atoms with Gasteiger partial charge < -0.3 is 10.1 Å². The average Bonchev–Trinajstić information content (AvgIpc) is 2.42. The topological polar surface area (TPSA) is 59.9 Å². The lowest BCUT2D eigenvalue weighted by molar-refractivity contribution is 0.379. The minimum atomic E-state index is 0.0592. The van der Waals surface area contributed by atoms with Crippen LogP contribution in [0.5, 0.6) is 6.01 Å². The zero-order valence-electron chi connectivity index (χ0n) is 9.79. The van der Waals surface area contributed by atoms with Crippen LogP contribution in [-0.4, -0.2) is 29.1 Å². The zero-order valence-corrected chi connectivity index (χ0v) is 9.79. The molecular weight excluding hydrogens is 216 g/mol. The molecule has 0 aromatic carbocycles. The molecule has 5 heteroatoms. The van der Waals surface area contributed by atoms with Gasteiger partial charge >= 0.3 is 6.01 Å². The summed E-state index contributed by atoms with van der Waals surface area (Å²) in [5.41, 5.74) is 2.11. The molecule has 0 saturated heterocycles. The number of ether oxygens (including phenoxy) is 1. The van der Waals surface area contributed by atoms with Gasteiger partial charge in [-0.2, -0.15) is 0 Å². The SMILES string of the molecule is CNC(c1ccncc1)c1cnc(OC)nc1. The molecule has 17 heavy (non-hydrogen) atoms. The summed E-state index contributed by atoms with van der Waals surface area (Å²) < 4.78 is 4.94. The second-order valence-corrected chi connectivity index (χ2v) is 3.51. The van der Waals surface area contributed by atoms with Crippen molar-refractivity contribution in [1.29, 1.82) is 0 Å². The zero-order chi connectivity index (χ0) is 12.1. The van der Waals surface area contributed by atoms with E-state index in [2.05, 4.69) is 20.3 Å². The molecule has 1 atom stereocenters. The molecule has 2 aromatic rings. The van der Waals surface area contributed by atoms with Crippen molar-refractivity contribution in [3.8, 4) is 6.01 Å². The standard InChI is InChI=1S/C12H14N4O/c1-13-11(9-3-5-14-6-4-9)10-7-15-12(17-2)16-8-10/h3-8,11,13H,1-2H3. The Morgan fingerprint density at radius 2 is 1.76 bits per heavy atom. The molecule has 0 aliphatic heterocycles. The van der Waals surface area contributed by atoms with Gasteiger partial charge in [0.25, 0.3) is 0 Å². The highest BCUT2D eigenvalue weighted by Crippen LogP contribution is 2.20. The monoisotopic (exact) mass is 230 g/mol. The number of hydrogen-bond acceptors (Lipinski definition) is 5. The average molecular weight is 230 g/mol. The lowest BCUT2D eigenvalue weighted by atomic mass is 10.0. The summed E-state index contributed by atoms with van der Waals surface area (Å²) in [7, 11) is 3.45. The Balaban J connectivity index is 2.29. The Labute approximate surface area is 99.9 Å². The highest BCUT2D eigenvalue weighted by atomic mass is 16.5. The van der Waals surface area contributed by atoms with Crippen molar-refractivity contribution in [3.05, 3.63) is 48.0 Å². The molecule has 88 valence electrons. The van der Waals surface area contributed by atoms with E-state index in [0.717, 1.165) is 11.1 Å². The van der Waals surface area contributed by atoms with E-state index >= 15 is 0 Å². The van der Waals surface area contributed by atoms with Crippen LogP contribution in [0, 0.1) is 0 Å². The van der Waals surface area contributed by atoms with Crippen LogP contribution in [-0.2, 0) is 0 Å². The maximum atomic E-state index is 4.94. The van der Waals surface area contributed by atoms with E-state index in [1.807, 2.05) is 19.2 Å². The van der Waals surface area contributed by atoms with Gasteiger partial charge in [-0.05, 0) is 24.7 Å². The number of aromatic nitrogens is 3. The Hall–Kier alpha value is -2.01. The molecule has 0 spiro atoms. The van der Waals surface area contributed by atoms with Crippen LogP contribution >= 0.6 is 0 Å². The Kier molecular flexibility index (Phi) is 3.62. The van der Waals surface area contributed by atoms with Gasteiger partial charge in [-0.3, -0.25) is 4.98 Å². The van der Waals surface area contributed by atoms with Crippen molar-refractivity contribution in [3.63, 3.8) is 0 Å². The predicted molar refractivity (Wildman–Crippen MR) is 63.7 cm³/mol. The summed E-state index contributed by atoms with van der Waals surface area (Å²) in [6.45, 7) is 0. The van der Waals surface area contributed by atoms with Gasteiger partial charge in [0.2, 0.25) is 0 Å². The molecule has 1 N–H and O–H groups in total. The fourth-order valence-electron chi connectivity index (χ4n) is 1.66. The molecule has 0 saturated carbocycles. The largest absolute Gasteiger partial charge is 0.467 e. The lowest BCUT2D eigenvalue weighted by Crippen LogP contribution is -2.18. The van der Waals surface area contributed by atoms with Crippen LogP contribution in [0.15, 0.2) is 36.9 Å². The second kappa shape index (κ2) is 5.36. The van der Waals surface area contributed by atoms with Gasteiger partial charge in [0.15, 0.2) is 0 Å². The highest BCUT2D eigenvalue weighted by molar-refractivity contribution is 5.27. The van der Waals surface area contributed by atoms with E-state index < -0.39 is 0 Å². The summed E-state index contributed by atoms with van der Waals surface area (Å²) in [5, 5.41) is 3.22. The third-order valence-corrected chi connectivity index (χ3v) is 2.49. The summed E-state index contributed by atoms with van der Waals surface area (Å²) >= 11 is 0. The van der Waals surface area contributed by atoms with E-state index in [1.165, 1.54) is 0 Å². The molecule has 5 nitrogen and oxygen atoms in total. The third kappa shape index (κ3) is 2.57. The van der Waals surface area contributed by atoms with Gasteiger partial charge in [0, 0.05) is 30.4 Å². The van der Waals surface area contributed by atoms with Crippen LogP contribution < -0.4 is 10.1 Å². The smallest absolute Gasteiger partial charge is 0.316 e. The van der Waals surface area contributed by atoms with Crippen LogP contribution in [0.4, 0.5) is 0 Å². The number of pyridine rings is 1. The number of methoxy groups -OCH3 is 1. The maximum absolute atomic E-state index is 4.94. The van der Waals surface area contributed by atoms with Crippen molar-refractivity contribution >= 4 is 0 Å².